The zero-order valence-corrected chi connectivity index (χ0v) is 15.4. The second-order valence-electron chi connectivity index (χ2n) is 6.61. The van der Waals surface area contributed by atoms with Gasteiger partial charge in [0.25, 0.3) is 0 Å². The van der Waals surface area contributed by atoms with Gasteiger partial charge in [0, 0.05) is 17.7 Å². The lowest BCUT2D eigenvalue weighted by Gasteiger charge is -2.10. The molecule has 25 heavy (non-hydrogen) atoms. The van der Waals surface area contributed by atoms with Crippen molar-refractivity contribution in [3.63, 3.8) is 0 Å². The first-order chi connectivity index (χ1) is 12.3. The van der Waals surface area contributed by atoms with Crippen LogP contribution in [0.3, 0.4) is 0 Å². The minimum atomic E-state index is -0.177. The molecule has 0 heterocycles. The van der Waals surface area contributed by atoms with E-state index in [0.717, 1.165) is 49.1 Å². The number of unbranched alkanes of at least 4 members (excludes halogenated alkanes) is 3. The lowest BCUT2D eigenvalue weighted by molar-refractivity contribution is 0.149. The fraction of sp³-hybridized carbons (Fsp3) is 0.435. The number of aliphatic imine (C=N–C) groups is 1. The first kappa shape index (κ1) is 19.4. The molecule has 0 aliphatic rings. The van der Waals surface area contributed by atoms with Gasteiger partial charge in [0.1, 0.15) is 0 Å². The zero-order chi connectivity index (χ0) is 17.7. The summed E-state index contributed by atoms with van der Waals surface area (Å²) >= 11 is 0. The number of benzene rings is 2. The van der Waals surface area contributed by atoms with Crippen molar-refractivity contribution >= 4 is 5.71 Å². The average molecular weight is 338 g/mol. The molecule has 1 N–H and O–H groups in total. The molecule has 0 saturated heterocycles. The number of rotatable bonds is 11. The van der Waals surface area contributed by atoms with Gasteiger partial charge in [0.15, 0.2) is 0 Å². The molecule has 2 aromatic carbocycles. The van der Waals surface area contributed by atoms with Gasteiger partial charge in [-0.15, -0.1) is 0 Å². The Bertz CT molecular complexity index is 565. The number of aliphatic hydroxyl groups is 1. The van der Waals surface area contributed by atoms with Gasteiger partial charge in [-0.2, -0.15) is 0 Å². The Hall–Kier alpha value is -1.93. The quantitative estimate of drug-likeness (QED) is 0.418. The van der Waals surface area contributed by atoms with Crippen molar-refractivity contribution < 1.29 is 5.11 Å². The van der Waals surface area contributed by atoms with Crippen molar-refractivity contribution in [3.8, 4) is 0 Å². The Morgan fingerprint density at radius 3 is 1.92 bits per heavy atom. The van der Waals surface area contributed by atoms with Crippen LogP contribution in [0.15, 0.2) is 65.7 Å². The van der Waals surface area contributed by atoms with E-state index in [1.54, 1.807) is 0 Å². The molecule has 0 radical (unpaired) electrons. The average Bonchev–Trinajstić information content (AvgIpc) is 2.67. The van der Waals surface area contributed by atoms with Crippen LogP contribution in [0, 0.1) is 0 Å². The van der Waals surface area contributed by atoms with E-state index in [4.69, 9.17) is 4.99 Å². The molecule has 2 aromatic rings. The van der Waals surface area contributed by atoms with Crippen molar-refractivity contribution in [2.24, 2.45) is 4.99 Å². The van der Waals surface area contributed by atoms with Crippen LogP contribution in [-0.4, -0.2) is 23.5 Å². The van der Waals surface area contributed by atoms with Gasteiger partial charge in [0.2, 0.25) is 0 Å². The molecule has 1 atom stereocenters. The monoisotopic (exact) mass is 337 g/mol. The molecule has 0 fully saturated rings. The van der Waals surface area contributed by atoms with Gasteiger partial charge >= 0.3 is 0 Å². The maximum absolute atomic E-state index is 10.1. The lowest BCUT2D eigenvalue weighted by atomic mass is 10.0. The van der Waals surface area contributed by atoms with E-state index in [-0.39, 0.29) is 6.10 Å². The van der Waals surface area contributed by atoms with Crippen LogP contribution in [0.4, 0.5) is 0 Å². The summed E-state index contributed by atoms with van der Waals surface area (Å²) in [6.45, 7) is 2.97. The minimum Gasteiger partial charge on any atom is -0.393 e. The van der Waals surface area contributed by atoms with Gasteiger partial charge in [-0.05, 0) is 19.3 Å². The summed E-state index contributed by atoms with van der Waals surface area (Å²) in [5.74, 6) is 0. The van der Waals surface area contributed by atoms with Crippen molar-refractivity contribution in [2.75, 3.05) is 6.54 Å². The smallest absolute Gasteiger partial charge is 0.0718 e. The molecule has 0 aromatic heterocycles. The van der Waals surface area contributed by atoms with Crippen molar-refractivity contribution in [3.05, 3.63) is 71.8 Å². The SMILES string of the molecule is CCCCCCC(O)CCCN=C(c1ccccc1)c1ccccc1. The first-order valence-corrected chi connectivity index (χ1v) is 9.64. The van der Waals surface area contributed by atoms with Gasteiger partial charge < -0.3 is 5.11 Å². The molecule has 0 bridgehead atoms. The number of nitrogens with zero attached hydrogens (tertiary/aromatic N) is 1. The molecule has 0 aliphatic heterocycles. The van der Waals surface area contributed by atoms with Crippen LogP contribution in [0.2, 0.25) is 0 Å². The van der Waals surface area contributed by atoms with Crippen LogP contribution >= 0.6 is 0 Å². The van der Waals surface area contributed by atoms with E-state index >= 15 is 0 Å². The summed E-state index contributed by atoms with van der Waals surface area (Å²) in [5, 5.41) is 10.1. The van der Waals surface area contributed by atoms with Gasteiger partial charge in [-0.1, -0.05) is 93.3 Å². The summed E-state index contributed by atoms with van der Waals surface area (Å²) in [5.41, 5.74) is 3.33. The Balaban J connectivity index is 1.89. The maximum atomic E-state index is 10.1. The number of aliphatic hydroxyl groups excluding tert-OH is 1. The van der Waals surface area contributed by atoms with Gasteiger partial charge in [-0.25, -0.2) is 0 Å². The molecule has 0 spiro atoms. The molecule has 0 saturated carbocycles. The molecule has 2 nitrogen and oxygen atoms in total. The second-order valence-corrected chi connectivity index (χ2v) is 6.61. The zero-order valence-electron chi connectivity index (χ0n) is 15.4. The fourth-order valence-corrected chi connectivity index (χ4v) is 3.01. The minimum absolute atomic E-state index is 0.177. The molecular formula is C23H31NO. The van der Waals surface area contributed by atoms with Crippen LogP contribution in [0.1, 0.15) is 63.0 Å². The Kier molecular flexibility index (Phi) is 9.00. The fourth-order valence-electron chi connectivity index (χ4n) is 3.01. The van der Waals surface area contributed by atoms with E-state index in [1.807, 2.05) is 36.4 Å². The van der Waals surface area contributed by atoms with Crippen molar-refractivity contribution in [1.29, 1.82) is 0 Å². The maximum Gasteiger partial charge on any atom is 0.0718 e. The summed E-state index contributed by atoms with van der Waals surface area (Å²) in [4.78, 5) is 4.85. The summed E-state index contributed by atoms with van der Waals surface area (Å²) in [6.07, 6.45) is 7.40. The van der Waals surface area contributed by atoms with Crippen LogP contribution in [-0.2, 0) is 0 Å². The van der Waals surface area contributed by atoms with Crippen LogP contribution < -0.4 is 0 Å². The second kappa shape index (κ2) is 11.6. The highest BCUT2D eigenvalue weighted by molar-refractivity contribution is 6.12. The largest absolute Gasteiger partial charge is 0.393 e. The number of hydrogen-bond acceptors (Lipinski definition) is 2. The van der Waals surface area contributed by atoms with Gasteiger partial charge in [-0.3, -0.25) is 4.99 Å². The molecule has 134 valence electrons. The molecule has 0 amide bonds. The lowest BCUT2D eigenvalue weighted by Crippen LogP contribution is -2.08. The summed E-state index contributed by atoms with van der Waals surface area (Å²) in [6, 6.07) is 20.7. The van der Waals surface area contributed by atoms with E-state index in [0.29, 0.717) is 0 Å². The third-order valence-electron chi connectivity index (χ3n) is 4.45. The number of hydrogen-bond donors (Lipinski definition) is 1. The Morgan fingerprint density at radius 1 is 0.800 bits per heavy atom. The third kappa shape index (κ3) is 7.23. The molecule has 0 aliphatic carbocycles. The van der Waals surface area contributed by atoms with Crippen molar-refractivity contribution in [2.45, 2.75) is 58.0 Å². The van der Waals surface area contributed by atoms with Crippen LogP contribution in [0.5, 0.6) is 0 Å². The predicted molar refractivity (Wildman–Crippen MR) is 107 cm³/mol. The molecule has 2 heteroatoms. The highest BCUT2D eigenvalue weighted by Crippen LogP contribution is 2.13. The first-order valence-electron chi connectivity index (χ1n) is 9.64. The molecule has 1 unspecified atom stereocenters. The van der Waals surface area contributed by atoms with Crippen molar-refractivity contribution in [1.82, 2.24) is 0 Å². The summed E-state index contributed by atoms with van der Waals surface area (Å²) < 4.78 is 0. The topological polar surface area (TPSA) is 32.6 Å². The highest BCUT2D eigenvalue weighted by atomic mass is 16.3. The predicted octanol–water partition coefficient (Wildman–Crippen LogP) is 5.64. The molecular weight excluding hydrogens is 306 g/mol. The van der Waals surface area contributed by atoms with Crippen LogP contribution in [0.25, 0.3) is 0 Å². The standard InChI is InChI=1S/C23H31NO/c1-2-3-4-11-17-22(25)18-12-19-24-23(20-13-7-5-8-14-20)21-15-9-6-10-16-21/h5-10,13-16,22,25H,2-4,11-12,17-19H2,1H3. The third-order valence-corrected chi connectivity index (χ3v) is 4.45. The molecule has 2 rings (SSSR count). The van der Waals surface area contributed by atoms with E-state index < -0.39 is 0 Å². The van der Waals surface area contributed by atoms with Gasteiger partial charge in [0.05, 0.1) is 11.8 Å². The normalized spacial score (nSPS) is 11.9. The Morgan fingerprint density at radius 2 is 1.36 bits per heavy atom. The van der Waals surface area contributed by atoms with E-state index in [9.17, 15) is 5.11 Å². The Labute approximate surface area is 152 Å². The van der Waals surface area contributed by atoms with E-state index in [2.05, 4.69) is 31.2 Å². The van der Waals surface area contributed by atoms with E-state index in [1.165, 1.54) is 19.3 Å². The highest BCUT2D eigenvalue weighted by Gasteiger charge is 2.07. The summed E-state index contributed by atoms with van der Waals surface area (Å²) in [7, 11) is 0.